The molecule has 2 aromatic carbocycles. The van der Waals surface area contributed by atoms with Gasteiger partial charge in [0.05, 0.1) is 5.52 Å². The molecule has 0 bridgehead atoms. The van der Waals surface area contributed by atoms with Crippen molar-refractivity contribution in [2.75, 3.05) is 0 Å². The van der Waals surface area contributed by atoms with E-state index in [1.807, 2.05) is 30.5 Å². The second-order valence-corrected chi connectivity index (χ2v) is 5.79. The fourth-order valence-corrected chi connectivity index (χ4v) is 3.02. The van der Waals surface area contributed by atoms with E-state index in [0.29, 0.717) is 6.54 Å². The summed E-state index contributed by atoms with van der Waals surface area (Å²) < 4.78 is 15.2. The quantitative estimate of drug-likeness (QED) is 0.644. The molecule has 0 spiro atoms. The van der Waals surface area contributed by atoms with Crippen LogP contribution in [0.3, 0.4) is 0 Å². The SMILES string of the molecule is CCc1cccc2c(C=C(C#N)C#N)cn(Cc3ccc(F)cc3)c12. The standard InChI is InChI=1S/C21H16FN3/c1-2-17-4-3-5-20-18(10-16(11-23)12-24)14-25(21(17)20)13-15-6-8-19(22)9-7-15/h3-10,14H,2,13H2,1H3. The van der Waals surface area contributed by atoms with Crippen molar-refractivity contribution in [2.24, 2.45) is 0 Å². The number of halogens is 1. The van der Waals surface area contributed by atoms with E-state index in [-0.39, 0.29) is 11.4 Å². The molecule has 0 amide bonds. The van der Waals surface area contributed by atoms with Crippen molar-refractivity contribution >= 4 is 17.0 Å². The molecule has 0 saturated heterocycles. The highest BCUT2D eigenvalue weighted by molar-refractivity contribution is 5.93. The summed E-state index contributed by atoms with van der Waals surface area (Å²) >= 11 is 0. The van der Waals surface area contributed by atoms with Crippen LogP contribution in [0.4, 0.5) is 4.39 Å². The maximum atomic E-state index is 13.1. The maximum Gasteiger partial charge on any atom is 0.130 e. The maximum absolute atomic E-state index is 13.1. The van der Waals surface area contributed by atoms with Crippen molar-refractivity contribution in [1.29, 1.82) is 10.5 Å². The number of allylic oxidation sites excluding steroid dienone is 1. The fraction of sp³-hybridized carbons (Fsp3) is 0.143. The number of aromatic nitrogens is 1. The van der Waals surface area contributed by atoms with Gasteiger partial charge in [0.1, 0.15) is 23.5 Å². The topological polar surface area (TPSA) is 52.5 Å². The Bertz CT molecular complexity index is 1010. The van der Waals surface area contributed by atoms with Gasteiger partial charge in [0.15, 0.2) is 0 Å². The minimum atomic E-state index is -0.258. The molecule has 1 heterocycles. The molecule has 4 heteroatoms. The van der Waals surface area contributed by atoms with Crippen molar-refractivity contribution in [1.82, 2.24) is 4.57 Å². The van der Waals surface area contributed by atoms with E-state index in [2.05, 4.69) is 17.6 Å². The third-order valence-electron chi connectivity index (χ3n) is 4.20. The molecular formula is C21H16FN3. The molecular weight excluding hydrogens is 313 g/mol. The minimum Gasteiger partial charge on any atom is -0.342 e. The first-order valence-corrected chi connectivity index (χ1v) is 8.03. The molecule has 0 unspecified atom stereocenters. The van der Waals surface area contributed by atoms with Crippen LogP contribution in [0.2, 0.25) is 0 Å². The Kier molecular flexibility index (Phi) is 4.64. The fourth-order valence-electron chi connectivity index (χ4n) is 3.02. The average Bonchev–Trinajstić information content (AvgIpc) is 2.99. The predicted octanol–water partition coefficient (Wildman–Crippen LogP) is 4.82. The molecule has 25 heavy (non-hydrogen) atoms. The van der Waals surface area contributed by atoms with Gasteiger partial charge < -0.3 is 4.57 Å². The molecule has 0 N–H and O–H groups in total. The van der Waals surface area contributed by atoms with Gasteiger partial charge in [0.2, 0.25) is 0 Å². The van der Waals surface area contributed by atoms with Crippen LogP contribution in [-0.4, -0.2) is 4.57 Å². The second-order valence-electron chi connectivity index (χ2n) is 5.79. The monoisotopic (exact) mass is 329 g/mol. The summed E-state index contributed by atoms with van der Waals surface area (Å²) in [7, 11) is 0. The van der Waals surface area contributed by atoms with Crippen molar-refractivity contribution in [3.8, 4) is 12.1 Å². The second kappa shape index (κ2) is 7.03. The zero-order valence-electron chi connectivity index (χ0n) is 13.8. The van der Waals surface area contributed by atoms with Gasteiger partial charge in [-0.2, -0.15) is 10.5 Å². The molecule has 0 fully saturated rings. The molecule has 0 saturated carbocycles. The van der Waals surface area contributed by atoms with Crippen molar-refractivity contribution in [3.05, 3.63) is 76.7 Å². The molecule has 3 rings (SSSR count). The minimum absolute atomic E-state index is 0.0720. The van der Waals surface area contributed by atoms with Crippen molar-refractivity contribution in [3.63, 3.8) is 0 Å². The van der Waals surface area contributed by atoms with Gasteiger partial charge in [0.25, 0.3) is 0 Å². The molecule has 0 aliphatic carbocycles. The summed E-state index contributed by atoms with van der Waals surface area (Å²) in [5.74, 6) is -0.258. The Hall–Kier alpha value is -3.37. The molecule has 0 aliphatic heterocycles. The van der Waals surface area contributed by atoms with Crippen LogP contribution in [0, 0.1) is 28.5 Å². The van der Waals surface area contributed by atoms with E-state index >= 15 is 0 Å². The molecule has 0 radical (unpaired) electrons. The van der Waals surface area contributed by atoms with Crippen LogP contribution in [0.1, 0.15) is 23.6 Å². The molecule has 0 atom stereocenters. The number of rotatable bonds is 4. The lowest BCUT2D eigenvalue weighted by atomic mass is 10.1. The van der Waals surface area contributed by atoms with Crippen LogP contribution in [0.5, 0.6) is 0 Å². The van der Waals surface area contributed by atoms with Gasteiger partial charge in [-0.05, 0) is 35.8 Å². The van der Waals surface area contributed by atoms with E-state index in [1.54, 1.807) is 18.2 Å². The summed E-state index contributed by atoms with van der Waals surface area (Å²) in [6.07, 6.45) is 4.43. The van der Waals surface area contributed by atoms with Gasteiger partial charge in [-0.25, -0.2) is 4.39 Å². The summed E-state index contributed by atoms with van der Waals surface area (Å²) in [5, 5.41) is 19.1. The number of aryl methyl sites for hydroxylation is 1. The summed E-state index contributed by atoms with van der Waals surface area (Å²) in [4.78, 5) is 0. The van der Waals surface area contributed by atoms with Gasteiger partial charge in [-0.15, -0.1) is 0 Å². The number of hydrogen-bond donors (Lipinski definition) is 0. The van der Waals surface area contributed by atoms with Gasteiger partial charge in [-0.3, -0.25) is 0 Å². The van der Waals surface area contributed by atoms with Crippen LogP contribution in [0.25, 0.3) is 17.0 Å². The zero-order valence-corrected chi connectivity index (χ0v) is 13.8. The highest BCUT2D eigenvalue weighted by atomic mass is 19.1. The highest BCUT2D eigenvalue weighted by Gasteiger charge is 2.11. The first kappa shape index (κ1) is 16.5. The van der Waals surface area contributed by atoms with Gasteiger partial charge in [0, 0.05) is 23.7 Å². The average molecular weight is 329 g/mol. The molecule has 3 nitrogen and oxygen atoms in total. The van der Waals surface area contributed by atoms with Crippen molar-refractivity contribution in [2.45, 2.75) is 19.9 Å². The number of hydrogen-bond acceptors (Lipinski definition) is 2. The van der Waals surface area contributed by atoms with E-state index in [0.717, 1.165) is 28.5 Å². The Morgan fingerprint density at radius 3 is 2.48 bits per heavy atom. The van der Waals surface area contributed by atoms with Crippen LogP contribution in [-0.2, 0) is 13.0 Å². The molecule has 0 aliphatic rings. The highest BCUT2D eigenvalue weighted by Crippen LogP contribution is 2.28. The van der Waals surface area contributed by atoms with Crippen LogP contribution < -0.4 is 0 Å². The molecule has 3 aromatic rings. The zero-order chi connectivity index (χ0) is 17.8. The Balaban J connectivity index is 2.17. The Labute approximate surface area is 145 Å². The van der Waals surface area contributed by atoms with Crippen LogP contribution in [0.15, 0.2) is 54.2 Å². The number of fused-ring (bicyclic) bond motifs is 1. The first-order chi connectivity index (χ1) is 12.2. The first-order valence-electron chi connectivity index (χ1n) is 8.03. The predicted molar refractivity (Wildman–Crippen MR) is 96.0 cm³/mol. The van der Waals surface area contributed by atoms with E-state index in [1.165, 1.54) is 17.7 Å². The van der Waals surface area contributed by atoms with E-state index < -0.39 is 0 Å². The van der Waals surface area contributed by atoms with E-state index in [9.17, 15) is 4.39 Å². The van der Waals surface area contributed by atoms with Crippen LogP contribution >= 0.6 is 0 Å². The Morgan fingerprint density at radius 1 is 1.12 bits per heavy atom. The summed E-state index contributed by atoms with van der Waals surface area (Å²) in [6.45, 7) is 2.69. The van der Waals surface area contributed by atoms with Crippen molar-refractivity contribution < 1.29 is 4.39 Å². The lowest BCUT2D eigenvalue weighted by Gasteiger charge is -2.09. The largest absolute Gasteiger partial charge is 0.342 e. The summed E-state index contributed by atoms with van der Waals surface area (Å²) in [6, 6.07) is 16.3. The molecule has 122 valence electrons. The third kappa shape index (κ3) is 3.29. The van der Waals surface area contributed by atoms with E-state index in [4.69, 9.17) is 10.5 Å². The third-order valence-corrected chi connectivity index (χ3v) is 4.20. The van der Waals surface area contributed by atoms with Gasteiger partial charge >= 0.3 is 0 Å². The lowest BCUT2D eigenvalue weighted by molar-refractivity contribution is 0.626. The number of para-hydroxylation sites is 1. The normalized spacial score (nSPS) is 10.2. The number of nitrogens with zero attached hydrogens (tertiary/aromatic N) is 3. The Morgan fingerprint density at radius 2 is 1.84 bits per heavy atom. The van der Waals surface area contributed by atoms with Gasteiger partial charge in [-0.1, -0.05) is 37.3 Å². The summed E-state index contributed by atoms with van der Waals surface area (Å²) in [5.41, 5.74) is 4.17. The number of nitriles is 2. The smallest absolute Gasteiger partial charge is 0.130 e. The lowest BCUT2D eigenvalue weighted by Crippen LogP contribution is -2.00. The number of benzene rings is 2. The molecule has 1 aromatic heterocycles.